The molecule has 2 heterocycles. The van der Waals surface area contributed by atoms with Crippen molar-refractivity contribution in [3.05, 3.63) is 28.1 Å². The van der Waals surface area contributed by atoms with Gasteiger partial charge in [-0.25, -0.2) is 4.79 Å². The predicted molar refractivity (Wildman–Crippen MR) is 83.6 cm³/mol. The van der Waals surface area contributed by atoms with Crippen LogP contribution < -0.4 is 11.1 Å². The van der Waals surface area contributed by atoms with Gasteiger partial charge in [0.2, 0.25) is 5.91 Å². The fourth-order valence-corrected chi connectivity index (χ4v) is 3.42. The van der Waals surface area contributed by atoms with E-state index in [2.05, 4.69) is 10.4 Å². The summed E-state index contributed by atoms with van der Waals surface area (Å²) in [7, 11) is 0. The molecule has 1 atom stereocenters. The van der Waals surface area contributed by atoms with Crippen LogP contribution >= 0.6 is 11.3 Å². The van der Waals surface area contributed by atoms with Crippen LogP contribution in [-0.2, 0) is 11.3 Å². The number of aromatic nitrogens is 2. The van der Waals surface area contributed by atoms with E-state index in [0.29, 0.717) is 12.4 Å². The third-order valence-corrected chi connectivity index (χ3v) is 4.76. The molecule has 2 aromatic rings. The van der Waals surface area contributed by atoms with Gasteiger partial charge in [0.1, 0.15) is 0 Å². The summed E-state index contributed by atoms with van der Waals surface area (Å²) < 4.78 is 6.43. The second kappa shape index (κ2) is 6.48. The Balaban J connectivity index is 1.63. The maximum absolute atomic E-state index is 12.1. The highest BCUT2D eigenvalue weighted by Crippen LogP contribution is 2.25. The van der Waals surface area contributed by atoms with Gasteiger partial charge in [-0.05, 0) is 31.2 Å². The topological polar surface area (TPSA) is 77.1 Å². The van der Waals surface area contributed by atoms with Crippen LogP contribution in [0.1, 0.15) is 32.6 Å². The third kappa shape index (κ3) is 3.30. The standard InChI is InChI=1S/C15H19N3O3S/c1-10(16-13(19)11-5-2-3-6-11)9-18-15(20)21-14(17-18)12-7-4-8-22-12/h4,7-8,10-11H,2-3,5-6,9H2,1H3,(H,16,19)/t10-/m0/s1. The molecule has 0 aromatic carbocycles. The minimum absolute atomic E-state index is 0.0834. The van der Waals surface area contributed by atoms with Gasteiger partial charge in [0, 0.05) is 12.0 Å². The number of thiophene rings is 1. The summed E-state index contributed by atoms with van der Waals surface area (Å²) in [6, 6.07) is 3.57. The number of carbonyl (C=O) groups is 1. The Labute approximate surface area is 132 Å². The Morgan fingerprint density at radius 2 is 2.32 bits per heavy atom. The summed E-state index contributed by atoms with van der Waals surface area (Å²) in [5.41, 5.74) is 0. The lowest BCUT2D eigenvalue weighted by molar-refractivity contribution is -0.125. The van der Waals surface area contributed by atoms with Crippen molar-refractivity contribution in [3.63, 3.8) is 0 Å². The first-order valence-corrected chi connectivity index (χ1v) is 8.43. The third-order valence-electron chi connectivity index (χ3n) is 3.90. The molecule has 0 saturated heterocycles. The number of amides is 1. The molecule has 0 unspecified atom stereocenters. The highest BCUT2D eigenvalue weighted by atomic mass is 32.1. The first-order valence-electron chi connectivity index (χ1n) is 7.55. The molecular weight excluding hydrogens is 302 g/mol. The van der Waals surface area contributed by atoms with Crippen LogP contribution in [0.3, 0.4) is 0 Å². The lowest BCUT2D eigenvalue weighted by Gasteiger charge is -2.16. The average molecular weight is 321 g/mol. The molecule has 3 rings (SSSR count). The summed E-state index contributed by atoms with van der Waals surface area (Å²) in [4.78, 5) is 24.7. The summed E-state index contributed by atoms with van der Waals surface area (Å²) in [5, 5.41) is 9.06. The second-order valence-electron chi connectivity index (χ2n) is 5.72. The Morgan fingerprint density at radius 1 is 1.55 bits per heavy atom. The van der Waals surface area contributed by atoms with E-state index in [4.69, 9.17) is 4.42 Å². The Kier molecular flexibility index (Phi) is 4.42. The van der Waals surface area contributed by atoms with Gasteiger partial charge in [0.05, 0.1) is 11.4 Å². The zero-order chi connectivity index (χ0) is 15.5. The number of rotatable bonds is 5. The molecule has 1 aliphatic rings. The van der Waals surface area contributed by atoms with Crippen molar-refractivity contribution in [1.29, 1.82) is 0 Å². The van der Waals surface area contributed by atoms with Gasteiger partial charge in [-0.2, -0.15) is 4.68 Å². The van der Waals surface area contributed by atoms with E-state index in [1.807, 2.05) is 24.4 Å². The molecule has 1 aliphatic carbocycles. The first-order chi connectivity index (χ1) is 10.6. The number of nitrogens with one attached hydrogen (secondary N) is 1. The molecule has 2 aromatic heterocycles. The lowest BCUT2D eigenvalue weighted by Crippen LogP contribution is -2.40. The van der Waals surface area contributed by atoms with E-state index in [1.54, 1.807) is 0 Å². The fraction of sp³-hybridized carbons (Fsp3) is 0.533. The highest BCUT2D eigenvalue weighted by Gasteiger charge is 2.24. The average Bonchev–Trinajstić information content (AvgIpc) is 3.19. The van der Waals surface area contributed by atoms with E-state index in [9.17, 15) is 9.59 Å². The molecule has 1 saturated carbocycles. The molecule has 0 radical (unpaired) electrons. The van der Waals surface area contributed by atoms with Gasteiger partial charge in [0.15, 0.2) is 0 Å². The summed E-state index contributed by atoms with van der Waals surface area (Å²) >= 11 is 1.47. The van der Waals surface area contributed by atoms with Crippen LogP contribution in [0.5, 0.6) is 0 Å². The zero-order valence-corrected chi connectivity index (χ0v) is 13.3. The summed E-state index contributed by atoms with van der Waals surface area (Å²) in [6.45, 7) is 2.19. The van der Waals surface area contributed by atoms with Crippen LogP contribution in [0.4, 0.5) is 0 Å². The SMILES string of the molecule is C[C@@H](Cn1nc(-c2cccs2)oc1=O)NC(=O)C1CCCC1. The Bertz CT molecular complexity index is 683. The lowest BCUT2D eigenvalue weighted by atomic mass is 10.1. The van der Waals surface area contributed by atoms with Gasteiger partial charge in [-0.15, -0.1) is 16.4 Å². The van der Waals surface area contributed by atoms with E-state index in [1.165, 1.54) is 16.0 Å². The van der Waals surface area contributed by atoms with Crippen molar-refractivity contribution in [2.45, 2.75) is 45.2 Å². The van der Waals surface area contributed by atoms with E-state index in [0.717, 1.165) is 30.6 Å². The zero-order valence-electron chi connectivity index (χ0n) is 12.4. The quantitative estimate of drug-likeness (QED) is 0.916. The smallest absolute Gasteiger partial charge is 0.387 e. The van der Waals surface area contributed by atoms with Gasteiger partial charge < -0.3 is 9.73 Å². The Morgan fingerprint density at radius 3 is 3.00 bits per heavy atom. The maximum Gasteiger partial charge on any atom is 0.437 e. The van der Waals surface area contributed by atoms with Gasteiger partial charge in [-0.1, -0.05) is 18.9 Å². The molecule has 0 aliphatic heterocycles. The van der Waals surface area contributed by atoms with Gasteiger partial charge in [0.25, 0.3) is 5.89 Å². The van der Waals surface area contributed by atoms with Crippen LogP contribution in [0.15, 0.2) is 26.7 Å². The van der Waals surface area contributed by atoms with Gasteiger partial charge >= 0.3 is 5.76 Å². The predicted octanol–water partition coefficient (Wildman–Crippen LogP) is 2.26. The normalized spacial score (nSPS) is 16.8. The van der Waals surface area contributed by atoms with Crippen molar-refractivity contribution in [2.24, 2.45) is 5.92 Å². The first kappa shape index (κ1) is 15.0. The summed E-state index contributed by atoms with van der Waals surface area (Å²) in [6.07, 6.45) is 4.18. The van der Waals surface area contributed by atoms with Crippen LogP contribution in [0.2, 0.25) is 0 Å². The van der Waals surface area contributed by atoms with Crippen LogP contribution in [-0.4, -0.2) is 21.7 Å². The summed E-state index contributed by atoms with van der Waals surface area (Å²) in [5.74, 6) is 0.0397. The molecule has 1 N–H and O–H groups in total. The number of hydrogen-bond donors (Lipinski definition) is 1. The molecule has 118 valence electrons. The maximum atomic E-state index is 12.1. The fourth-order valence-electron chi connectivity index (χ4n) is 2.78. The molecule has 6 nitrogen and oxygen atoms in total. The molecule has 0 spiro atoms. The Hall–Kier alpha value is -1.89. The van der Waals surface area contributed by atoms with Crippen LogP contribution in [0, 0.1) is 5.92 Å². The molecule has 7 heteroatoms. The van der Waals surface area contributed by atoms with E-state index < -0.39 is 5.76 Å². The molecule has 0 bridgehead atoms. The molecule has 1 fully saturated rings. The van der Waals surface area contributed by atoms with Crippen molar-refractivity contribution >= 4 is 17.2 Å². The molecule has 1 amide bonds. The number of nitrogens with zero attached hydrogens (tertiary/aromatic N) is 2. The van der Waals surface area contributed by atoms with Crippen molar-refractivity contribution < 1.29 is 9.21 Å². The second-order valence-corrected chi connectivity index (χ2v) is 6.67. The van der Waals surface area contributed by atoms with Crippen LogP contribution in [0.25, 0.3) is 10.8 Å². The molecular formula is C15H19N3O3S. The highest BCUT2D eigenvalue weighted by molar-refractivity contribution is 7.13. The van der Waals surface area contributed by atoms with E-state index in [-0.39, 0.29) is 17.9 Å². The monoisotopic (exact) mass is 321 g/mol. The van der Waals surface area contributed by atoms with Crippen molar-refractivity contribution in [1.82, 2.24) is 15.1 Å². The van der Waals surface area contributed by atoms with Crippen molar-refractivity contribution in [3.8, 4) is 10.8 Å². The minimum Gasteiger partial charge on any atom is -0.387 e. The number of carbonyl (C=O) groups excluding carboxylic acids is 1. The minimum atomic E-state index is -0.495. The van der Waals surface area contributed by atoms with Gasteiger partial charge in [-0.3, -0.25) is 4.79 Å². The van der Waals surface area contributed by atoms with Crippen molar-refractivity contribution in [2.75, 3.05) is 0 Å². The number of hydrogen-bond acceptors (Lipinski definition) is 5. The largest absolute Gasteiger partial charge is 0.437 e. The van der Waals surface area contributed by atoms with E-state index >= 15 is 0 Å². The molecule has 22 heavy (non-hydrogen) atoms.